The molecule has 1 aromatic heterocycles. The summed E-state index contributed by atoms with van der Waals surface area (Å²) < 4.78 is 6.77. The van der Waals surface area contributed by atoms with E-state index in [1.54, 1.807) is 11.1 Å². The minimum atomic E-state index is -0.726. The molecule has 2 heterocycles. The van der Waals surface area contributed by atoms with Gasteiger partial charge in [-0.1, -0.05) is 66.7 Å². The summed E-state index contributed by atoms with van der Waals surface area (Å²) >= 11 is 0. The van der Waals surface area contributed by atoms with Gasteiger partial charge in [-0.2, -0.15) is 5.10 Å². The molecule has 0 saturated heterocycles. The molecule has 0 bridgehead atoms. The van der Waals surface area contributed by atoms with Crippen LogP contribution in [0.1, 0.15) is 40.4 Å². The maximum Gasteiger partial charge on any atom is 0.408 e. The van der Waals surface area contributed by atoms with Gasteiger partial charge in [0.15, 0.2) is 0 Å². The van der Waals surface area contributed by atoms with Gasteiger partial charge in [0.1, 0.15) is 12.6 Å². The summed E-state index contributed by atoms with van der Waals surface area (Å²) in [6.45, 7) is 2.32. The number of alkyl carbamates (subject to hydrolysis) is 1. The molecule has 0 saturated carbocycles. The number of fused-ring (bicyclic) bond motifs is 3. The number of rotatable bonds is 5. The van der Waals surface area contributed by atoms with E-state index in [0.717, 1.165) is 33.2 Å². The maximum absolute atomic E-state index is 13.8. The highest BCUT2D eigenvalue weighted by molar-refractivity contribution is 5.93. The number of aryl methyl sites for hydroxylation is 1. The van der Waals surface area contributed by atoms with Gasteiger partial charge in [0.25, 0.3) is 0 Å². The Morgan fingerprint density at radius 2 is 1.70 bits per heavy atom. The van der Waals surface area contributed by atoms with Crippen molar-refractivity contribution in [2.75, 3.05) is 0 Å². The van der Waals surface area contributed by atoms with Crippen LogP contribution in [0.5, 0.6) is 0 Å². The number of aromatic nitrogens is 2. The summed E-state index contributed by atoms with van der Waals surface area (Å²) in [7, 11) is 0. The summed E-state index contributed by atoms with van der Waals surface area (Å²) in [5, 5.41) is 7.92. The van der Waals surface area contributed by atoms with Crippen molar-refractivity contribution < 1.29 is 19.1 Å². The third-order valence-corrected chi connectivity index (χ3v) is 6.64. The molecule has 8 nitrogen and oxygen atoms in total. The third-order valence-electron chi connectivity index (χ3n) is 6.64. The second kappa shape index (κ2) is 10.7. The average molecular weight is 497 g/mol. The Kier molecular flexibility index (Phi) is 6.98. The first-order valence-electron chi connectivity index (χ1n) is 12.3. The molecule has 5 rings (SSSR count). The Bertz CT molecular complexity index is 1430. The molecule has 3 aromatic carbocycles. The predicted octanol–water partition coefficient (Wildman–Crippen LogP) is 4.47. The minimum Gasteiger partial charge on any atom is -0.445 e. The molecule has 1 atom stereocenters. The van der Waals surface area contributed by atoms with Crippen molar-refractivity contribution in [3.63, 3.8) is 0 Å². The van der Waals surface area contributed by atoms with Gasteiger partial charge in [0.05, 0.1) is 11.7 Å². The van der Waals surface area contributed by atoms with Crippen LogP contribution in [0.3, 0.4) is 0 Å². The normalized spacial score (nSPS) is 15.5. The molecule has 0 aliphatic carbocycles. The Morgan fingerprint density at radius 3 is 2.41 bits per heavy atom. The summed E-state index contributed by atoms with van der Waals surface area (Å²) in [6, 6.07) is 22.3. The number of carbonyl (C=O) groups excluding carboxylic acids is 3. The molecule has 4 aromatic rings. The molecule has 0 unspecified atom stereocenters. The van der Waals surface area contributed by atoms with Crippen LogP contribution in [0.15, 0.2) is 79.0 Å². The van der Waals surface area contributed by atoms with Crippen LogP contribution in [0.2, 0.25) is 0 Å². The molecule has 1 aliphatic heterocycles. The van der Waals surface area contributed by atoms with Crippen LogP contribution in [0.25, 0.3) is 10.9 Å². The van der Waals surface area contributed by atoms with Crippen molar-refractivity contribution in [2.45, 2.75) is 45.5 Å². The van der Waals surface area contributed by atoms with E-state index in [0.29, 0.717) is 25.9 Å². The number of nitrogens with one attached hydrogen (secondary N) is 1. The highest BCUT2D eigenvalue weighted by Crippen LogP contribution is 2.28. The lowest BCUT2D eigenvalue weighted by atomic mass is 9.94. The molecule has 0 fully saturated rings. The molecule has 37 heavy (non-hydrogen) atoms. The number of amides is 2. The van der Waals surface area contributed by atoms with Crippen LogP contribution in [0, 0.1) is 0 Å². The van der Waals surface area contributed by atoms with Crippen molar-refractivity contribution in [1.29, 1.82) is 0 Å². The van der Waals surface area contributed by atoms with Crippen LogP contribution < -0.4 is 5.32 Å². The van der Waals surface area contributed by atoms with Crippen LogP contribution in [-0.2, 0) is 35.6 Å². The number of carbonyl (C=O) groups is 3. The molecule has 0 spiro atoms. The fourth-order valence-electron chi connectivity index (χ4n) is 4.77. The van der Waals surface area contributed by atoms with Gasteiger partial charge in [-0.05, 0) is 41.2 Å². The molecular formula is C29H28N4O4. The molecule has 188 valence electrons. The predicted molar refractivity (Wildman–Crippen MR) is 139 cm³/mol. The largest absolute Gasteiger partial charge is 0.445 e. The van der Waals surface area contributed by atoms with Gasteiger partial charge in [-0.15, -0.1) is 0 Å². The van der Waals surface area contributed by atoms with Crippen LogP contribution in [0.4, 0.5) is 4.79 Å². The number of benzene rings is 3. The lowest BCUT2D eigenvalue weighted by molar-refractivity contribution is -0.135. The Morgan fingerprint density at radius 1 is 1.00 bits per heavy atom. The summed E-state index contributed by atoms with van der Waals surface area (Å²) in [5.41, 5.74) is 4.61. The van der Waals surface area contributed by atoms with E-state index in [1.165, 1.54) is 11.6 Å². The molecule has 2 amide bonds. The first-order valence-corrected chi connectivity index (χ1v) is 12.3. The van der Waals surface area contributed by atoms with Crippen molar-refractivity contribution in [3.05, 3.63) is 101 Å². The summed E-state index contributed by atoms with van der Waals surface area (Å²) in [6.07, 6.45) is 2.08. The lowest BCUT2D eigenvalue weighted by Gasteiger charge is -2.31. The first-order chi connectivity index (χ1) is 18.0. The Balaban J connectivity index is 1.42. The number of hydrogen-bond donors (Lipinski definition) is 1. The highest BCUT2D eigenvalue weighted by Gasteiger charge is 2.30. The fourth-order valence-corrected chi connectivity index (χ4v) is 4.77. The van der Waals surface area contributed by atoms with Gasteiger partial charge in [-0.25, -0.2) is 9.48 Å². The van der Waals surface area contributed by atoms with Crippen molar-refractivity contribution in [2.24, 2.45) is 0 Å². The second-order valence-electron chi connectivity index (χ2n) is 9.19. The summed E-state index contributed by atoms with van der Waals surface area (Å²) in [5.74, 6) is -0.349. The zero-order chi connectivity index (χ0) is 25.8. The number of nitrogens with zero attached hydrogens (tertiary/aromatic N) is 3. The van der Waals surface area contributed by atoms with E-state index in [-0.39, 0.29) is 18.4 Å². The average Bonchev–Trinajstić information content (AvgIpc) is 3.35. The first kappa shape index (κ1) is 24.2. The second-order valence-corrected chi connectivity index (χ2v) is 9.19. The van der Waals surface area contributed by atoms with Gasteiger partial charge in [0.2, 0.25) is 11.8 Å². The molecule has 8 heteroatoms. The van der Waals surface area contributed by atoms with E-state index in [1.807, 2.05) is 72.8 Å². The van der Waals surface area contributed by atoms with Gasteiger partial charge in [-0.3, -0.25) is 9.59 Å². The van der Waals surface area contributed by atoms with E-state index >= 15 is 0 Å². The quantitative estimate of drug-likeness (QED) is 0.440. The Hall–Kier alpha value is -4.46. The molecule has 1 aliphatic rings. The van der Waals surface area contributed by atoms with Crippen LogP contribution >= 0.6 is 0 Å². The zero-order valence-electron chi connectivity index (χ0n) is 20.6. The highest BCUT2D eigenvalue weighted by atomic mass is 16.5. The number of ether oxygens (including phenoxy) is 1. The van der Waals surface area contributed by atoms with Crippen molar-refractivity contribution >= 4 is 28.8 Å². The van der Waals surface area contributed by atoms with E-state index < -0.39 is 12.1 Å². The van der Waals surface area contributed by atoms with Crippen LogP contribution in [-0.4, -0.2) is 38.6 Å². The maximum atomic E-state index is 13.8. The topological polar surface area (TPSA) is 93.5 Å². The van der Waals surface area contributed by atoms with Gasteiger partial charge in [0, 0.05) is 25.4 Å². The molecule has 0 radical (unpaired) electrons. The van der Waals surface area contributed by atoms with E-state index in [9.17, 15) is 14.4 Å². The summed E-state index contributed by atoms with van der Waals surface area (Å²) in [4.78, 5) is 40.2. The van der Waals surface area contributed by atoms with E-state index in [2.05, 4.69) is 10.4 Å². The van der Waals surface area contributed by atoms with E-state index in [4.69, 9.17) is 4.74 Å². The standard InChI is InChI=1S/C29H28N4O4/c1-20(34)33-27-15-13-23-12-14-26(31-29(36)37-19-22-10-6-3-7-11-22)28(35)32(17-21-8-4-2-5-9-21)18-25(23)24(27)16-30-33/h2-11,13,15-16,26H,12,14,17-19H2,1H3,(H,31,36)/t26-/m1/s1. The monoisotopic (exact) mass is 496 g/mol. The third kappa shape index (κ3) is 5.38. The van der Waals surface area contributed by atoms with Crippen molar-refractivity contribution in [3.8, 4) is 0 Å². The SMILES string of the molecule is CC(=O)n1ncc2c3c(ccc21)CC[C@@H](NC(=O)OCc1ccccc1)C(=O)N(Cc1ccccc1)C3. The molecule has 1 N–H and O–H groups in total. The van der Waals surface area contributed by atoms with Gasteiger partial charge >= 0.3 is 6.09 Å². The zero-order valence-corrected chi connectivity index (χ0v) is 20.6. The lowest BCUT2D eigenvalue weighted by Crippen LogP contribution is -2.49. The minimum absolute atomic E-state index is 0.127. The molecular weight excluding hydrogens is 468 g/mol. The van der Waals surface area contributed by atoms with Gasteiger partial charge < -0.3 is 15.0 Å². The Labute approximate surface area is 214 Å². The smallest absolute Gasteiger partial charge is 0.408 e. The number of hydrogen-bond acceptors (Lipinski definition) is 5. The fraction of sp³-hybridized carbons (Fsp3) is 0.241. The van der Waals surface area contributed by atoms with Crippen molar-refractivity contribution in [1.82, 2.24) is 20.0 Å².